The largest absolute Gasteiger partial charge is 0.357 e. The molecule has 0 aromatic heterocycles. The van der Waals surface area contributed by atoms with Gasteiger partial charge in [0.1, 0.15) is 6.04 Å². The van der Waals surface area contributed by atoms with Crippen molar-refractivity contribution in [1.29, 1.82) is 0 Å². The highest BCUT2D eigenvalue weighted by Crippen LogP contribution is 2.25. The second-order valence-electron chi connectivity index (χ2n) is 7.57. The van der Waals surface area contributed by atoms with Gasteiger partial charge in [-0.2, -0.15) is 0 Å². The Bertz CT molecular complexity index is 1060. The zero-order valence-electron chi connectivity index (χ0n) is 18.3. The summed E-state index contributed by atoms with van der Waals surface area (Å²) in [5, 5.41) is 3.73. The third-order valence-corrected chi connectivity index (χ3v) is 6.92. The maximum absolute atomic E-state index is 13.4. The minimum absolute atomic E-state index is 0.0894. The van der Waals surface area contributed by atoms with Crippen LogP contribution < -0.4 is 5.32 Å². The van der Waals surface area contributed by atoms with Crippen molar-refractivity contribution in [3.05, 3.63) is 106 Å². The summed E-state index contributed by atoms with van der Waals surface area (Å²) in [6, 6.07) is 24.3. The predicted octanol–water partition coefficient (Wildman–Crippen LogP) is 5.61. The Kier molecular flexibility index (Phi) is 9.67. The maximum atomic E-state index is 13.4. The molecule has 4 nitrogen and oxygen atoms in total. The number of nitrogens with one attached hydrogen (secondary N) is 1. The van der Waals surface area contributed by atoms with E-state index in [0.717, 1.165) is 16.7 Å². The highest BCUT2D eigenvalue weighted by molar-refractivity contribution is 7.99. The fourth-order valence-corrected chi connectivity index (χ4v) is 4.65. The van der Waals surface area contributed by atoms with Crippen LogP contribution in [0.5, 0.6) is 0 Å². The molecule has 0 heterocycles. The van der Waals surface area contributed by atoms with Crippen LogP contribution in [0.2, 0.25) is 10.0 Å². The van der Waals surface area contributed by atoms with Gasteiger partial charge in [-0.15, -0.1) is 11.8 Å². The second kappa shape index (κ2) is 12.7. The number of nitrogens with zero attached hydrogens (tertiary/aromatic N) is 1. The van der Waals surface area contributed by atoms with Crippen LogP contribution in [0, 0.1) is 0 Å². The van der Waals surface area contributed by atoms with Gasteiger partial charge in [-0.1, -0.05) is 89.9 Å². The minimum Gasteiger partial charge on any atom is -0.357 e. The third-order valence-electron chi connectivity index (χ3n) is 5.19. The van der Waals surface area contributed by atoms with Crippen LogP contribution in [0.25, 0.3) is 0 Å². The van der Waals surface area contributed by atoms with Crippen molar-refractivity contribution in [3.8, 4) is 0 Å². The van der Waals surface area contributed by atoms with Crippen LogP contribution in [0.15, 0.2) is 78.9 Å². The van der Waals surface area contributed by atoms with Gasteiger partial charge in [0, 0.05) is 25.8 Å². The van der Waals surface area contributed by atoms with E-state index in [0.29, 0.717) is 28.8 Å². The van der Waals surface area contributed by atoms with Crippen molar-refractivity contribution in [3.63, 3.8) is 0 Å². The standard InChI is InChI=1S/C26H26Cl2N2O2S/c1-29-26(32)24(15-19-8-4-2-5-9-19)30(16-20-10-6-3-7-11-20)25(31)18-33-17-21-12-13-22(27)23(28)14-21/h2-14,24H,15-18H2,1H3,(H,29,32)/t24-/m0/s1. The summed E-state index contributed by atoms with van der Waals surface area (Å²) in [4.78, 5) is 28.0. The van der Waals surface area contributed by atoms with Gasteiger partial charge in [-0.3, -0.25) is 9.59 Å². The lowest BCUT2D eigenvalue weighted by Crippen LogP contribution is -2.50. The maximum Gasteiger partial charge on any atom is 0.242 e. The van der Waals surface area contributed by atoms with Crippen LogP contribution in [0.4, 0.5) is 0 Å². The Labute approximate surface area is 209 Å². The van der Waals surface area contributed by atoms with Crippen LogP contribution in [-0.4, -0.2) is 35.6 Å². The summed E-state index contributed by atoms with van der Waals surface area (Å²) >= 11 is 13.6. The average molecular weight is 501 g/mol. The van der Waals surface area contributed by atoms with Crippen LogP contribution in [-0.2, 0) is 28.3 Å². The molecule has 0 aliphatic heterocycles. The lowest BCUT2D eigenvalue weighted by molar-refractivity contribution is -0.139. The van der Waals surface area contributed by atoms with Crippen molar-refractivity contribution in [2.75, 3.05) is 12.8 Å². The summed E-state index contributed by atoms with van der Waals surface area (Å²) in [7, 11) is 1.60. The van der Waals surface area contributed by atoms with Gasteiger partial charge in [-0.05, 0) is 28.8 Å². The molecule has 0 radical (unpaired) electrons. The van der Waals surface area contributed by atoms with E-state index in [4.69, 9.17) is 23.2 Å². The van der Waals surface area contributed by atoms with E-state index >= 15 is 0 Å². The number of carbonyl (C=O) groups is 2. The molecular formula is C26H26Cl2N2O2S. The van der Waals surface area contributed by atoms with Gasteiger partial charge in [-0.25, -0.2) is 0 Å². The van der Waals surface area contributed by atoms with Crippen LogP contribution in [0.1, 0.15) is 16.7 Å². The van der Waals surface area contributed by atoms with E-state index in [1.165, 1.54) is 11.8 Å². The molecule has 7 heteroatoms. The molecule has 3 aromatic carbocycles. The van der Waals surface area contributed by atoms with Gasteiger partial charge in [0.15, 0.2) is 0 Å². The Hall–Kier alpha value is -2.47. The SMILES string of the molecule is CNC(=O)[C@H](Cc1ccccc1)N(Cc1ccccc1)C(=O)CSCc1ccc(Cl)c(Cl)c1. The Balaban J connectivity index is 1.77. The van der Waals surface area contributed by atoms with Crippen molar-refractivity contribution in [2.24, 2.45) is 0 Å². The zero-order chi connectivity index (χ0) is 23.6. The van der Waals surface area contributed by atoms with Gasteiger partial charge in [0.05, 0.1) is 15.8 Å². The lowest BCUT2D eigenvalue weighted by Gasteiger charge is -2.31. The quantitative estimate of drug-likeness (QED) is 0.393. The number of carbonyl (C=O) groups excluding carboxylic acids is 2. The molecule has 0 unspecified atom stereocenters. The monoisotopic (exact) mass is 500 g/mol. The average Bonchev–Trinajstić information content (AvgIpc) is 2.84. The van der Waals surface area contributed by atoms with E-state index < -0.39 is 6.04 Å². The Morgan fingerprint density at radius 2 is 1.52 bits per heavy atom. The summed E-state index contributed by atoms with van der Waals surface area (Å²) in [5.41, 5.74) is 2.96. The van der Waals surface area contributed by atoms with E-state index in [-0.39, 0.29) is 17.6 Å². The first kappa shape index (κ1) is 25.2. The van der Waals surface area contributed by atoms with Crippen molar-refractivity contribution >= 4 is 46.8 Å². The molecule has 3 aromatic rings. The fraction of sp³-hybridized carbons (Fsp3) is 0.231. The lowest BCUT2D eigenvalue weighted by atomic mass is 10.0. The molecule has 2 amide bonds. The number of hydrogen-bond acceptors (Lipinski definition) is 3. The molecule has 1 N–H and O–H groups in total. The van der Waals surface area contributed by atoms with Gasteiger partial charge in [0.2, 0.25) is 11.8 Å². The smallest absolute Gasteiger partial charge is 0.242 e. The third kappa shape index (κ3) is 7.53. The Morgan fingerprint density at radius 1 is 0.879 bits per heavy atom. The van der Waals surface area contributed by atoms with Crippen molar-refractivity contribution < 1.29 is 9.59 Å². The molecule has 1 atom stereocenters. The topological polar surface area (TPSA) is 49.4 Å². The molecular weight excluding hydrogens is 475 g/mol. The molecule has 0 fully saturated rings. The van der Waals surface area contributed by atoms with E-state index in [9.17, 15) is 9.59 Å². The summed E-state index contributed by atoms with van der Waals surface area (Å²) in [6.45, 7) is 0.359. The summed E-state index contributed by atoms with van der Waals surface area (Å²) in [5.74, 6) is 0.589. The molecule has 0 saturated carbocycles. The molecule has 0 aliphatic carbocycles. The number of amides is 2. The van der Waals surface area contributed by atoms with Gasteiger partial charge in [0.25, 0.3) is 0 Å². The molecule has 0 aliphatic rings. The summed E-state index contributed by atoms with van der Waals surface area (Å²) in [6.07, 6.45) is 0.441. The van der Waals surface area contributed by atoms with Gasteiger partial charge < -0.3 is 10.2 Å². The molecule has 3 rings (SSSR count). The minimum atomic E-state index is -0.615. The second-order valence-corrected chi connectivity index (χ2v) is 9.37. The first-order valence-corrected chi connectivity index (χ1v) is 12.5. The molecule has 172 valence electrons. The number of thioether (sulfide) groups is 1. The molecule has 33 heavy (non-hydrogen) atoms. The number of likely N-dealkylation sites (N-methyl/N-ethyl adjacent to an activating group) is 1. The number of rotatable bonds is 10. The van der Waals surface area contributed by atoms with Crippen molar-refractivity contribution in [1.82, 2.24) is 10.2 Å². The molecule has 0 bridgehead atoms. The molecule has 0 spiro atoms. The number of hydrogen-bond donors (Lipinski definition) is 1. The zero-order valence-corrected chi connectivity index (χ0v) is 20.7. The van der Waals surface area contributed by atoms with E-state index in [1.54, 1.807) is 18.0 Å². The number of benzene rings is 3. The van der Waals surface area contributed by atoms with E-state index in [1.807, 2.05) is 72.8 Å². The highest BCUT2D eigenvalue weighted by atomic mass is 35.5. The van der Waals surface area contributed by atoms with Gasteiger partial charge >= 0.3 is 0 Å². The Morgan fingerprint density at radius 3 is 2.12 bits per heavy atom. The predicted molar refractivity (Wildman–Crippen MR) is 138 cm³/mol. The number of halogens is 2. The normalized spacial score (nSPS) is 11.6. The molecule has 0 saturated heterocycles. The van der Waals surface area contributed by atoms with Crippen molar-refractivity contribution in [2.45, 2.75) is 24.8 Å². The summed E-state index contributed by atoms with van der Waals surface area (Å²) < 4.78 is 0. The van der Waals surface area contributed by atoms with Crippen LogP contribution in [0.3, 0.4) is 0 Å². The fourth-order valence-electron chi connectivity index (χ4n) is 3.47. The van der Waals surface area contributed by atoms with Crippen LogP contribution >= 0.6 is 35.0 Å². The first-order chi connectivity index (χ1) is 16.0. The van der Waals surface area contributed by atoms with E-state index in [2.05, 4.69) is 5.32 Å². The first-order valence-electron chi connectivity index (χ1n) is 10.6. The highest BCUT2D eigenvalue weighted by Gasteiger charge is 2.29.